The number of ether oxygens (including phenoxy) is 1. The topological polar surface area (TPSA) is 98.6 Å². The Balaban J connectivity index is 2.58. The minimum Gasteiger partial charge on any atom is -0.489 e. The van der Waals surface area contributed by atoms with Gasteiger partial charge in [0, 0.05) is 5.56 Å². The lowest BCUT2D eigenvalue weighted by Gasteiger charge is -2.05. The van der Waals surface area contributed by atoms with E-state index in [9.17, 15) is 4.79 Å². The van der Waals surface area contributed by atoms with Gasteiger partial charge in [-0.25, -0.2) is 4.79 Å². The molecule has 0 amide bonds. The highest BCUT2D eigenvalue weighted by Crippen LogP contribution is 2.37. The first-order valence-electron chi connectivity index (χ1n) is 4.14. The number of rotatable bonds is 1. The third kappa shape index (κ3) is 1.18. The maximum atomic E-state index is 10.7. The maximum absolute atomic E-state index is 10.7. The summed E-state index contributed by atoms with van der Waals surface area (Å²) in [6.07, 6.45) is 0. The van der Waals surface area contributed by atoms with Gasteiger partial charge in [-0.3, -0.25) is 0 Å². The third-order valence-corrected chi connectivity index (χ3v) is 2.20. The van der Waals surface area contributed by atoms with E-state index in [4.69, 9.17) is 21.3 Å². The van der Waals surface area contributed by atoms with Crippen molar-refractivity contribution >= 4 is 11.7 Å². The van der Waals surface area contributed by atoms with Gasteiger partial charge in [0.1, 0.15) is 12.4 Å². The Morgan fingerprint density at radius 3 is 2.93 bits per heavy atom. The number of aromatic carboxylic acids is 1. The molecule has 5 heteroatoms. The summed E-state index contributed by atoms with van der Waals surface area (Å²) in [7, 11) is 0. The lowest BCUT2D eigenvalue weighted by molar-refractivity contribution is 0.0697. The van der Waals surface area contributed by atoms with Crippen LogP contribution >= 0.6 is 0 Å². The summed E-state index contributed by atoms with van der Waals surface area (Å²) < 4.78 is 5.23. The number of carboxylic acid groups (broad SMARTS) is 1. The van der Waals surface area contributed by atoms with Crippen molar-refractivity contribution in [2.45, 2.75) is 6.04 Å². The largest absolute Gasteiger partial charge is 0.489 e. The number of anilines is 1. The normalized spacial score (nSPS) is 18.8. The van der Waals surface area contributed by atoms with Crippen LogP contribution in [0.4, 0.5) is 5.69 Å². The van der Waals surface area contributed by atoms with E-state index in [0.29, 0.717) is 23.6 Å². The molecule has 0 fully saturated rings. The minimum absolute atomic E-state index is 0.141. The number of benzene rings is 1. The number of nitrogen functional groups attached to an aromatic ring is 1. The van der Waals surface area contributed by atoms with Crippen LogP contribution in [-0.2, 0) is 0 Å². The van der Waals surface area contributed by atoms with Crippen molar-refractivity contribution in [2.75, 3.05) is 12.3 Å². The summed E-state index contributed by atoms with van der Waals surface area (Å²) in [5.74, 6) is -0.499. The molecule has 0 radical (unpaired) electrons. The molecule has 1 aromatic carbocycles. The Hall–Kier alpha value is -1.75. The summed E-state index contributed by atoms with van der Waals surface area (Å²) >= 11 is 0. The zero-order valence-corrected chi connectivity index (χ0v) is 7.36. The molecule has 14 heavy (non-hydrogen) atoms. The summed E-state index contributed by atoms with van der Waals surface area (Å²) in [4.78, 5) is 10.7. The maximum Gasteiger partial charge on any atom is 0.335 e. The fourth-order valence-electron chi connectivity index (χ4n) is 1.50. The molecule has 74 valence electrons. The van der Waals surface area contributed by atoms with E-state index in [0.717, 1.165) is 0 Å². The third-order valence-electron chi connectivity index (χ3n) is 2.20. The van der Waals surface area contributed by atoms with Gasteiger partial charge in [0.2, 0.25) is 0 Å². The molecule has 1 aliphatic heterocycles. The Kier molecular flexibility index (Phi) is 1.82. The van der Waals surface area contributed by atoms with E-state index in [1.54, 1.807) is 0 Å². The van der Waals surface area contributed by atoms with Crippen LogP contribution in [0.5, 0.6) is 5.75 Å². The van der Waals surface area contributed by atoms with Crippen molar-refractivity contribution in [1.29, 1.82) is 0 Å². The number of carbonyl (C=O) groups is 1. The molecule has 0 spiro atoms. The van der Waals surface area contributed by atoms with Gasteiger partial charge in [-0.05, 0) is 12.1 Å². The van der Waals surface area contributed by atoms with Gasteiger partial charge in [-0.1, -0.05) is 0 Å². The minimum atomic E-state index is -1.02. The molecule has 5 N–H and O–H groups in total. The van der Waals surface area contributed by atoms with Crippen LogP contribution in [0.25, 0.3) is 0 Å². The summed E-state index contributed by atoms with van der Waals surface area (Å²) in [6, 6.07) is 2.59. The van der Waals surface area contributed by atoms with Gasteiger partial charge in [0.15, 0.2) is 0 Å². The quantitative estimate of drug-likeness (QED) is 0.560. The molecule has 0 saturated heterocycles. The molecule has 2 rings (SSSR count). The average Bonchev–Trinajstić information content (AvgIpc) is 2.48. The van der Waals surface area contributed by atoms with Crippen LogP contribution < -0.4 is 16.2 Å². The van der Waals surface area contributed by atoms with Gasteiger partial charge in [0.05, 0.1) is 17.3 Å². The molecule has 0 bridgehead atoms. The molecule has 1 aromatic rings. The molecule has 0 unspecified atom stereocenters. The molecule has 0 aliphatic carbocycles. The summed E-state index contributed by atoms with van der Waals surface area (Å²) in [5.41, 5.74) is 12.5. The number of fused-ring (bicyclic) bond motifs is 1. The van der Waals surface area contributed by atoms with Crippen LogP contribution in [0.2, 0.25) is 0 Å². The van der Waals surface area contributed by atoms with Crippen LogP contribution in [0.15, 0.2) is 12.1 Å². The Morgan fingerprint density at radius 1 is 1.57 bits per heavy atom. The first-order chi connectivity index (χ1) is 6.59. The highest BCUT2D eigenvalue weighted by atomic mass is 16.5. The molecular weight excluding hydrogens is 184 g/mol. The lowest BCUT2D eigenvalue weighted by Crippen LogP contribution is -2.11. The zero-order valence-electron chi connectivity index (χ0n) is 7.36. The number of carboxylic acids is 1. The van der Waals surface area contributed by atoms with Crippen molar-refractivity contribution in [3.8, 4) is 5.75 Å². The van der Waals surface area contributed by atoms with Crippen LogP contribution in [0, 0.1) is 0 Å². The SMILES string of the molecule is Nc1cc(C(=O)O)cc2c1OC[C@@H]2N. The molecule has 5 nitrogen and oxygen atoms in total. The molecular formula is C9H10N2O3. The van der Waals surface area contributed by atoms with Crippen LogP contribution in [0.3, 0.4) is 0 Å². The van der Waals surface area contributed by atoms with Gasteiger partial charge in [0.25, 0.3) is 0 Å². The zero-order chi connectivity index (χ0) is 10.3. The van der Waals surface area contributed by atoms with Gasteiger partial charge in [-0.2, -0.15) is 0 Å². The smallest absolute Gasteiger partial charge is 0.335 e. The Labute approximate surface area is 80.3 Å². The molecule has 1 aliphatic rings. The average molecular weight is 194 g/mol. The van der Waals surface area contributed by atoms with E-state index >= 15 is 0 Å². The lowest BCUT2D eigenvalue weighted by atomic mass is 10.0. The fourth-order valence-corrected chi connectivity index (χ4v) is 1.50. The van der Waals surface area contributed by atoms with Crippen molar-refractivity contribution in [1.82, 2.24) is 0 Å². The number of hydrogen-bond acceptors (Lipinski definition) is 4. The first kappa shape index (κ1) is 8.83. The van der Waals surface area contributed by atoms with Crippen LogP contribution in [0.1, 0.15) is 22.0 Å². The predicted octanol–water partition coefficient (Wildman–Crippen LogP) is 0.359. The molecule has 1 heterocycles. The summed E-state index contributed by atoms with van der Waals surface area (Å²) in [5, 5.41) is 8.79. The van der Waals surface area contributed by atoms with E-state index in [2.05, 4.69) is 0 Å². The second kappa shape index (κ2) is 2.88. The Bertz CT molecular complexity index is 403. The second-order valence-corrected chi connectivity index (χ2v) is 3.21. The molecule has 1 atom stereocenters. The molecule has 0 saturated carbocycles. The van der Waals surface area contributed by atoms with Crippen LogP contribution in [-0.4, -0.2) is 17.7 Å². The second-order valence-electron chi connectivity index (χ2n) is 3.21. The van der Waals surface area contributed by atoms with Gasteiger partial charge < -0.3 is 21.3 Å². The Morgan fingerprint density at radius 2 is 2.29 bits per heavy atom. The first-order valence-corrected chi connectivity index (χ1v) is 4.14. The van der Waals surface area contributed by atoms with E-state index < -0.39 is 5.97 Å². The number of nitrogens with two attached hydrogens (primary N) is 2. The molecule has 0 aromatic heterocycles. The fraction of sp³-hybridized carbons (Fsp3) is 0.222. The van der Waals surface area contributed by atoms with Crippen molar-refractivity contribution < 1.29 is 14.6 Å². The highest BCUT2D eigenvalue weighted by molar-refractivity contribution is 5.90. The number of hydrogen-bond donors (Lipinski definition) is 3. The standard InChI is InChI=1S/C9H10N2O3/c10-6-2-4(9(12)13)1-5-7(11)3-14-8(5)6/h1-2,7H,3,10-11H2,(H,12,13)/t7-/m0/s1. The van der Waals surface area contributed by atoms with Crippen molar-refractivity contribution in [2.24, 2.45) is 5.73 Å². The van der Waals surface area contributed by atoms with Gasteiger partial charge >= 0.3 is 5.97 Å². The monoisotopic (exact) mass is 194 g/mol. The van der Waals surface area contributed by atoms with Crippen molar-refractivity contribution in [3.05, 3.63) is 23.3 Å². The van der Waals surface area contributed by atoms with Crippen molar-refractivity contribution in [3.63, 3.8) is 0 Å². The van der Waals surface area contributed by atoms with E-state index in [-0.39, 0.29) is 11.6 Å². The van der Waals surface area contributed by atoms with E-state index in [1.807, 2.05) is 0 Å². The summed E-state index contributed by atoms with van der Waals surface area (Å²) in [6.45, 7) is 0.350. The predicted molar refractivity (Wildman–Crippen MR) is 50.2 cm³/mol. The van der Waals surface area contributed by atoms with E-state index in [1.165, 1.54) is 12.1 Å². The highest BCUT2D eigenvalue weighted by Gasteiger charge is 2.24. The van der Waals surface area contributed by atoms with Gasteiger partial charge in [-0.15, -0.1) is 0 Å².